The number of anilines is 1. The average Bonchev–Trinajstić information content (AvgIpc) is 3.28. The minimum atomic E-state index is -0.250. The second-order valence-corrected chi connectivity index (χ2v) is 14.1. The maximum atomic E-state index is 3.94. The largest absolute Gasteiger partial charge is 0.381 e. The van der Waals surface area contributed by atoms with Gasteiger partial charge >= 0.3 is 0 Å². The van der Waals surface area contributed by atoms with E-state index in [1.165, 1.54) is 56.0 Å². The summed E-state index contributed by atoms with van der Waals surface area (Å²) in [4.78, 5) is 4.87. The zero-order valence-electron chi connectivity index (χ0n) is 28.1. The number of hydrogen-bond acceptors (Lipinski definition) is 5. The summed E-state index contributed by atoms with van der Waals surface area (Å²) in [6, 6.07) is 25.4. The van der Waals surface area contributed by atoms with Gasteiger partial charge in [-0.15, -0.1) is 0 Å². The highest BCUT2D eigenvalue weighted by Gasteiger charge is 2.45. The van der Waals surface area contributed by atoms with Crippen molar-refractivity contribution in [2.75, 3.05) is 11.9 Å². The highest BCUT2D eigenvalue weighted by molar-refractivity contribution is 6.13. The second kappa shape index (κ2) is 11.5. The lowest BCUT2D eigenvalue weighted by Gasteiger charge is -2.39. The molecule has 3 aromatic carbocycles. The number of dihydropyridines is 3. The Morgan fingerprint density at radius 1 is 0.694 bits per heavy atom. The number of nitrogens with zero attached hydrogens (tertiary/aromatic N) is 2. The van der Waals surface area contributed by atoms with E-state index in [2.05, 4.69) is 186 Å². The molecule has 4 atom stereocenters. The molecule has 5 heteroatoms. The summed E-state index contributed by atoms with van der Waals surface area (Å²) in [5, 5.41) is 11.1. The van der Waals surface area contributed by atoms with Crippen LogP contribution in [0.25, 0.3) is 22.4 Å². The molecule has 1 aliphatic carbocycles. The highest BCUT2D eigenvalue weighted by atomic mass is 15.2. The lowest BCUT2D eigenvalue weighted by molar-refractivity contribution is 0.330. The Kier molecular flexibility index (Phi) is 6.90. The van der Waals surface area contributed by atoms with Gasteiger partial charge in [0.25, 0.3) is 0 Å². The molecule has 0 bridgehead atoms. The molecule has 0 spiro atoms. The zero-order valence-corrected chi connectivity index (χ0v) is 28.1. The minimum absolute atomic E-state index is 0.0393. The molecule has 9 rings (SSSR count). The van der Waals surface area contributed by atoms with Crippen LogP contribution in [-0.2, 0) is 5.41 Å². The van der Waals surface area contributed by atoms with E-state index in [-0.39, 0.29) is 29.6 Å². The van der Waals surface area contributed by atoms with E-state index in [1.54, 1.807) is 0 Å². The Hall–Kier alpha value is -5.68. The Morgan fingerprint density at radius 2 is 1.41 bits per heavy atom. The van der Waals surface area contributed by atoms with Crippen LogP contribution >= 0.6 is 0 Å². The molecule has 5 nitrogen and oxygen atoms in total. The average molecular weight is 640 g/mol. The van der Waals surface area contributed by atoms with Crippen molar-refractivity contribution >= 4 is 17.0 Å². The molecule has 49 heavy (non-hydrogen) atoms. The van der Waals surface area contributed by atoms with Crippen molar-refractivity contribution in [1.29, 1.82) is 0 Å². The van der Waals surface area contributed by atoms with Crippen LogP contribution in [0.3, 0.4) is 0 Å². The van der Waals surface area contributed by atoms with Gasteiger partial charge in [0.2, 0.25) is 0 Å². The summed E-state index contributed by atoms with van der Waals surface area (Å²) in [7, 11) is 2.16. The van der Waals surface area contributed by atoms with E-state index in [4.69, 9.17) is 0 Å². The SMILES string of the molecule is CN1C=CC=CC1C1C=C(N2C3=C(c4ccccc4-c4ccccc42)C(C)(C)c2cc(C4C=CC=CN4)ccc23)C=C(C2C=CC=CN2)N1. The van der Waals surface area contributed by atoms with Gasteiger partial charge in [-0.2, -0.15) is 0 Å². The molecule has 3 aromatic rings. The van der Waals surface area contributed by atoms with Gasteiger partial charge in [0.05, 0.1) is 35.6 Å². The minimum Gasteiger partial charge on any atom is -0.381 e. The Labute approximate surface area is 289 Å². The van der Waals surface area contributed by atoms with Crippen LogP contribution in [-0.4, -0.2) is 30.1 Å². The van der Waals surface area contributed by atoms with Gasteiger partial charge in [0.1, 0.15) is 0 Å². The molecule has 0 fully saturated rings. The summed E-state index contributed by atoms with van der Waals surface area (Å²) >= 11 is 0. The molecular weight excluding hydrogens is 599 g/mol. The van der Waals surface area contributed by atoms with E-state index in [0.717, 1.165) is 5.70 Å². The van der Waals surface area contributed by atoms with Crippen molar-refractivity contribution in [3.8, 4) is 11.1 Å². The predicted octanol–water partition coefficient (Wildman–Crippen LogP) is 8.21. The number of fused-ring (bicyclic) bond motifs is 6. The number of likely N-dealkylation sites (N-methyl/N-ethyl adjacent to an activating group) is 1. The van der Waals surface area contributed by atoms with Gasteiger partial charge in [-0.25, -0.2) is 0 Å². The maximum absolute atomic E-state index is 3.94. The van der Waals surface area contributed by atoms with Crippen molar-refractivity contribution in [2.45, 2.75) is 43.4 Å². The molecule has 0 amide bonds. The summed E-state index contributed by atoms with van der Waals surface area (Å²) in [5.41, 5.74) is 13.6. The summed E-state index contributed by atoms with van der Waals surface area (Å²) in [6.07, 6.45) is 30.4. The Bertz CT molecular complexity index is 2130. The van der Waals surface area contributed by atoms with Crippen molar-refractivity contribution < 1.29 is 0 Å². The van der Waals surface area contributed by atoms with Gasteiger partial charge in [-0.05, 0) is 82.9 Å². The van der Waals surface area contributed by atoms with Crippen LogP contribution in [0.2, 0.25) is 0 Å². The molecule has 0 radical (unpaired) electrons. The summed E-state index contributed by atoms with van der Waals surface area (Å²) in [6.45, 7) is 4.82. The van der Waals surface area contributed by atoms with Crippen molar-refractivity contribution in [3.63, 3.8) is 0 Å². The monoisotopic (exact) mass is 639 g/mol. The third kappa shape index (κ3) is 4.75. The molecular formula is C44H41N5. The number of hydrogen-bond donors (Lipinski definition) is 3. The van der Waals surface area contributed by atoms with Crippen molar-refractivity contribution in [3.05, 3.63) is 186 Å². The van der Waals surface area contributed by atoms with Gasteiger partial charge in [-0.1, -0.05) is 111 Å². The lowest BCUT2D eigenvalue weighted by Crippen LogP contribution is -2.50. The van der Waals surface area contributed by atoms with E-state index in [0.29, 0.717) is 0 Å². The summed E-state index contributed by atoms with van der Waals surface area (Å²) < 4.78 is 0. The van der Waals surface area contributed by atoms with E-state index in [9.17, 15) is 0 Å². The molecule has 0 saturated heterocycles. The molecule has 6 aliphatic rings. The number of allylic oxidation sites excluding steroid dienone is 8. The predicted molar refractivity (Wildman–Crippen MR) is 203 cm³/mol. The molecule has 0 aromatic heterocycles. The molecule has 4 unspecified atom stereocenters. The van der Waals surface area contributed by atoms with Gasteiger partial charge in [-0.3, -0.25) is 0 Å². The normalized spacial score (nSPS) is 25.3. The van der Waals surface area contributed by atoms with Crippen LogP contribution in [0, 0.1) is 0 Å². The van der Waals surface area contributed by atoms with E-state index >= 15 is 0 Å². The quantitative estimate of drug-likeness (QED) is 0.269. The van der Waals surface area contributed by atoms with Gasteiger partial charge in [0.15, 0.2) is 0 Å². The zero-order chi connectivity index (χ0) is 33.1. The Morgan fingerprint density at radius 3 is 2.16 bits per heavy atom. The Balaban J connectivity index is 1.29. The van der Waals surface area contributed by atoms with Crippen molar-refractivity contribution in [2.24, 2.45) is 0 Å². The third-order valence-electron chi connectivity index (χ3n) is 10.8. The smallest absolute Gasteiger partial charge is 0.0843 e. The third-order valence-corrected chi connectivity index (χ3v) is 10.8. The summed E-state index contributed by atoms with van der Waals surface area (Å²) in [5.74, 6) is 0. The molecule has 5 heterocycles. The van der Waals surface area contributed by atoms with Crippen LogP contribution < -0.4 is 20.9 Å². The number of benzene rings is 3. The van der Waals surface area contributed by atoms with Crippen LogP contribution in [0.4, 0.5) is 5.69 Å². The van der Waals surface area contributed by atoms with Crippen LogP contribution in [0.5, 0.6) is 0 Å². The first-order chi connectivity index (χ1) is 24.0. The van der Waals surface area contributed by atoms with Gasteiger partial charge < -0.3 is 25.8 Å². The number of para-hydroxylation sites is 1. The standard InChI is InChI=1S/C44H41N5/c1-44(2)35-26-29(36-17-8-11-23-45-36)21-22-34(35)43-42(44)33-16-5-4-14-31(33)32-15-6-7-19-40(32)49(43)30-27-38(37-18-9-12-24-46-37)47-39(28-30)41-20-10-13-25-48(41)3/h4-28,36-37,39,41,45-47H,1-3H3. The van der Waals surface area contributed by atoms with Crippen LogP contribution in [0.1, 0.15) is 42.1 Å². The van der Waals surface area contributed by atoms with E-state index < -0.39 is 0 Å². The number of nitrogens with one attached hydrogen (secondary N) is 3. The first-order valence-electron chi connectivity index (χ1n) is 17.3. The fourth-order valence-electron chi connectivity index (χ4n) is 8.40. The maximum Gasteiger partial charge on any atom is 0.0843 e. The first kappa shape index (κ1) is 29.5. The molecule has 242 valence electrons. The lowest BCUT2D eigenvalue weighted by atomic mass is 9.76. The fourth-order valence-corrected chi connectivity index (χ4v) is 8.40. The molecule has 0 saturated carbocycles. The number of rotatable bonds is 4. The topological polar surface area (TPSA) is 42.6 Å². The highest BCUT2D eigenvalue weighted by Crippen LogP contribution is 2.58. The van der Waals surface area contributed by atoms with Crippen LogP contribution in [0.15, 0.2) is 164 Å². The molecule has 3 N–H and O–H groups in total. The van der Waals surface area contributed by atoms with Gasteiger partial charge in [0, 0.05) is 35.0 Å². The molecule has 5 aliphatic heterocycles. The fraction of sp³-hybridized carbons (Fsp3) is 0.182. The van der Waals surface area contributed by atoms with Crippen molar-refractivity contribution in [1.82, 2.24) is 20.9 Å². The van der Waals surface area contributed by atoms with E-state index in [1.807, 2.05) is 12.4 Å². The second-order valence-electron chi connectivity index (χ2n) is 14.1. The first-order valence-corrected chi connectivity index (χ1v) is 17.3.